The van der Waals surface area contributed by atoms with Crippen LogP contribution in [-0.4, -0.2) is 32.3 Å². The van der Waals surface area contributed by atoms with Crippen LogP contribution in [0, 0.1) is 12.7 Å². The third-order valence-corrected chi connectivity index (χ3v) is 2.84. The fourth-order valence-electron chi connectivity index (χ4n) is 1.39. The molecule has 1 unspecified atom stereocenters. The molecule has 1 rings (SSSR count). The van der Waals surface area contributed by atoms with Crippen LogP contribution in [0.3, 0.4) is 0 Å². The van der Waals surface area contributed by atoms with Crippen LogP contribution in [0.1, 0.15) is 12.5 Å². The number of carbonyl (C=O) groups excluding carboxylic acids is 1. The number of hydrogen-bond acceptors (Lipinski definition) is 4. The summed E-state index contributed by atoms with van der Waals surface area (Å²) in [5, 5.41) is 2.85. The lowest BCUT2D eigenvalue weighted by atomic mass is 10.1. The van der Waals surface area contributed by atoms with Gasteiger partial charge < -0.3 is 14.8 Å². The molecule has 5 heteroatoms. The van der Waals surface area contributed by atoms with Crippen LogP contribution in [0.15, 0.2) is 18.2 Å². The van der Waals surface area contributed by atoms with Crippen molar-refractivity contribution in [3.05, 3.63) is 29.6 Å². The van der Waals surface area contributed by atoms with Crippen molar-refractivity contribution in [1.82, 2.24) is 5.32 Å². The predicted octanol–water partition coefficient (Wildman–Crippen LogP) is 1.66. The molecule has 1 aromatic rings. The van der Waals surface area contributed by atoms with Gasteiger partial charge in [-0.05, 0) is 44.7 Å². The van der Waals surface area contributed by atoms with Gasteiger partial charge in [-0.15, -0.1) is 0 Å². The summed E-state index contributed by atoms with van der Waals surface area (Å²) in [5.74, 6) is -0.185. The number of esters is 1. The molecule has 0 radical (unpaired) electrons. The second-order valence-corrected chi connectivity index (χ2v) is 4.27. The van der Waals surface area contributed by atoms with Gasteiger partial charge in [0.2, 0.25) is 0 Å². The van der Waals surface area contributed by atoms with E-state index >= 15 is 0 Å². The van der Waals surface area contributed by atoms with Crippen LogP contribution in [0.2, 0.25) is 0 Å². The summed E-state index contributed by atoms with van der Waals surface area (Å²) in [5.41, 5.74) is -0.437. The summed E-state index contributed by atoms with van der Waals surface area (Å²) < 4.78 is 23.3. The Labute approximate surface area is 106 Å². The van der Waals surface area contributed by atoms with E-state index in [1.807, 2.05) is 0 Å². The molecule has 18 heavy (non-hydrogen) atoms. The highest BCUT2D eigenvalue weighted by atomic mass is 19.1. The van der Waals surface area contributed by atoms with Gasteiger partial charge in [0.1, 0.15) is 23.7 Å². The topological polar surface area (TPSA) is 47.6 Å². The average molecular weight is 255 g/mol. The Bertz CT molecular complexity index is 436. The van der Waals surface area contributed by atoms with Gasteiger partial charge in [-0.1, -0.05) is 0 Å². The van der Waals surface area contributed by atoms with Gasteiger partial charge in [0.05, 0.1) is 7.11 Å². The Kier molecular flexibility index (Phi) is 4.67. The third kappa shape index (κ3) is 3.20. The normalized spacial score (nSPS) is 13.8. The minimum Gasteiger partial charge on any atom is -0.491 e. The summed E-state index contributed by atoms with van der Waals surface area (Å²) in [6, 6.07) is 4.44. The van der Waals surface area contributed by atoms with E-state index in [1.54, 1.807) is 27.0 Å². The highest BCUT2D eigenvalue weighted by molar-refractivity contribution is 5.80. The zero-order valence-corrected chi connectivity index (χ0v) is 11.0. The van der Waals surface area contributed by atoms with Gasteiger partial charge in [0.25, 0.3) is 0 Å². The fraction of sp³-hybridized carbons (Fsp3) is 0.462. The Balaban J connectivity index is 2.73. The largest absolute Gasteiger partial charge is 0.491 e. The van der Waals surface area contributed by atoms with Crippen molar-refractivity contribution < 1.29 is 18.7 Å². The van der Waals surface area contributed by atoms with Crippen LogP contribution < -0.4 is 10.1 Å². The van der Waals surface area contributed by atoms with Crippen molar-refractivity contribution in [2.75, 3.05) is 20.8 Å². The molecule has 0 saturated carbocycles. The SMILES string of the molecule is CNC(C)(COc1ccc(F)c(C)c1)C(=O)OC. The number of ether oxygens (including phenoxy) is 2. The third-order valence-electron chi connectivity index (χ3n) is 2.84. The number of benzene rings is 1. The van der Waals surface area contributed by atoms with E-state index in [2.05, 4.69) is 5.32 Å². The number of nitrogens with one attached hydrogen (secondary N) is 1. The van der Waals surface area contributed by atoms with Gasteiger partial charge in [-0.25, -0.2) is 9.18 Å². The van der Waals surface area contributed by atoms with E-state index in [9.17, 15) is 9.18 Å². The summed E-state index contributed by atoms with van der Waals surface area (Å²) in [4.78, 5) is 11.6. The number of methoxy groups -OCH3 is 1. The molecule has 4 nitrogen and oxygen atoms in total. The van der Waals surface area contributed by atoms with Crippen molar-refractivity contribution in [2.24, 2.45) is 0 Å². The van der Waals surface area contributed by atoms with E-state index in [-0.39, 0.29) is 12.4 Å². The molecule has 100 valence electrons. The summed E-state index contributed by atoms with van der Waals surface area (Å²) in [6.45, 7) is 3.43. The number of likely N-dealkylation sites (N-methyl/N-ethyl adjacent to an activating group) is 1. The molecular weight excluding hydrogens is 237 g/mol. The van der Waals surface area contributed by atoms with Crippen LogP contribution in [0.4, 0.5) is 4.39 Å². The molecule has 1 aromatic carbocycles. The molecule has 0 aromatic heterocycles. The first kappa shape index (κ1) is 14.4. The number of aryl methyl sites for hydroxylation is 1. The van der Waals surface area contributed by atoms with E-state index < -0.39 is 11.5 Å². The maximum atomic E-state index is 13.1. The maximum absolute atomic E-state index is 13.1. The van der Waals surface area contributed by atoms with Gasteiger partial charge in [-0.3, -0.25) is 0 Å². The standard InChI is InChI=1S/C13H18FNO3/c1-9-7-10(5-6-11(9)14)18-8-13(2,15-3)12(16)17-4/h5-7,15H,8H2,1-4H3. The zero-order chi connectivity index (χ0) is 13.8. The van der Waals surface area contributed by atoms with Crippen molar-refractivity contribution in [1.29, 1.82) is 0 Å². The average Bonchev–Trinajstić information content (AvgIpc) is 2.38. The molecule has 0 aliphatic rings. The Morgan fingerprint density at radius 3 is 2.67 bits per heavy atom. The molecule has 0 bridgehead atoms. The lowest BCUT2D eigenvalue weighted by Gasteiger charge is -2.26. The molecule has 1 N–H and O–H groups in total. The second kappa shape index (κ2) is 5.82. The molecule has 0 aliphatic carbocycles. The number of hydrogen-bond donors (Lipinski definition) is 1. The highest BCUT2D eigenvalue weighted by Crippen LogP contribution is 2.17. The molecule has 0 fully saturated rings. The highest BCUT2D eigenvalue weighted by Gasteiger charge is 2.33. The second-order valence-electron chi connectivity index (χ2n) is 4.27. The predicted molar refractivity (Wildman–Crippen MR) is 66.1 cm³/mol. The smallest absolute Gasteiger partial charge is 0.329 e. The molecule has 0 spiro atoms. The summed E-state index contributed by atoms with van der Waals surface area (Å²) in [6.07, 6.45) is 0. The number of carbonyl (C=O) groups is 1. The van der Waals surface area contributed by atoms with Crippen molar-refractivity contribution in [3.8, 4) is 5.75 Å². The fourth-order valence-corrected chi connectivity index (χ4v) is 1.39. The maximum Gasteiger partial charge on any atom is 0.329 e. The van der Waals surface area contributed by atoms with Gasteiger partial charge >= 0.3 is 5.97 Å². The zero-order valence-electron chi connectivity index (χ0n) is 11.0. The molecule has 0 aliphatic heterocycles. The van der Waals surface area contributed by atoms with Gasteiger partial charge in [-0.2, -0.15) is 0 Å². The van der Waals surface area contributed by atoms with E-state index in [0.29, 0.717) is 11.3 Å². The van der Waals surface area contributed by atoms with Gasteiger partial charge in [0.15, 0.2) is 0 Å². The minimum absolute atomic E-state index is 0.0985. The summed E-state index contributed by atoms with van der Waals surface area (Å²) >= 11 is 0. The molecule has 0 heterocycles. The van der Waals surface area contributed by atoms with Gasteiger partial charge in [0, 0.05) is 0 Å². The Hall–Kier alpha value is -1.62. The number of rotatable bonds is 5. The lowest BCUT2D eigenvalue weighted by molar-refractivity contribution is -0.148. The Morgan fingerprint density at radius 2 is 2.17 bits per heavy atom. The quantitative estimate of drug-likeness (QED) is 0.813. The molecule has 0 saturated heterocycles. The van der Waals surface area contributed by atoms with Crippen LogP contribution >= 0.6 is 0 Å². The first-order valence-electron chi connectivity index (χ1n) is 5.59. The van der Waals surface area contributed by atoms with E-state index in [4.69, 9.17) is 9.47 Å². The lowest BCUT2D eigenvalue weighted by Crippen LogP contribution is -2.52. The first-order valence-corrected chi connectivity index (χ1v) is 5.59. The van der Waals surface area contributed by atoms with E-state index in [0.717, 1.165) is 0 Å². The Morgan fingerprint density at radius 1 is 1.50 bits per heavy atom. The van der Waals surface area contributed by atoms with Crippen LogP contribution in [-0.2, 0) is 9.53 Å². The van der Waals surface area contributed by atoms with Crippen LogP contribution in [0.25, 0.3) is 0 Å². The minimum atomic E-state index is -0.933. The number of halogens is 1. The molecule has 1 atom stereocenters. The summed E-state index contributed by atoms with van der Waals surface area (Å²) in [7, 11) is 2.97. The van der Waals surface area contributed by atoms with Crippen molar-refractivity contribution in [2.45, 2.75) is 19.4 Å². The molecular formula is C13H18FNO3. The van der Waals surface area contributed by atoms with Crippen molar-refractivity contribution >= 4 is 5.97 Å². The molecule has 0 amide bonds. The van der Waals surface area contributed by atoms with E-state index in [1.165, 1.54) is 19.2 Å². The monoisotopic (exact) mass is 255 g/mol. The van der Waals surface area contributed by atoms with Crippen LogP contribution in [0.5, 0.6) is 5.75 Å². The van der Waals surface area contributed by atoms with Crippen molar-refractivity contribution in [3.63, 3.8) is 0 Å². The first-order chi connectivity index (χ1) is 8.42.